The van der Waals surface area contributed by atoms with Gasteiger partial charge in [-0.25, -0.2) is 9.38 Å². The molecular weight excluding hydrogens is 270 g/mol. The van der Waals surface area contributed by atoms with Crippen molar-refractivity contribution in [1.82, 2.24) is 10.3 Å². The number of rotatable bonds is 1. The van der Waals surface area contributed by atoms with Crippen LogP contribution >= 0.6 is 11.9 Å². The maximum Gasteiger partial charge on any atom is 0.223 e. The fourth-order valence-electron chi connectivity index (χ4n) is 2.62. The van der Waals surface area contributed by atoms with Crippen LogP contribution in [0.15, 0.2) is 22.7 Å². The average Bonchev–Trinajstić information content (AvgIpc) is 2.69. The molecule has 20 heavy (non-hydrogen) atoms. The van der Waals surface area contributed by atoms with Gasteiger partial charge in [0.2, 0.25) is 5.88 Å². The lowest BCUT2D eigenvalue weighted by Gasteiger charge is -2.33. The van der Waals surface area contributed by atoms with Crippen LogP contribution in [0.25, 0.3) is 0 Å². The number of nitrogens with zero attached hydrogens (tertiary/aromatic N) is 2. The summed E-state index contributed by atoms with van der Waals surface area (Å²) in [5.74, 6) is 0.739. The molecule has 0 bridgehead atoms. The van der Waals surface area contributed by atoms with E-state index in [1.54, 1.807) is 18.1 Å². The van der Waals surface area contributed by atoms with Crippen molar-refractivity contribution in [3.8, 4) is 5.88 Å². The van der Waals surface area contributed by atoms with E-state index in [9.17, 15) is 0 Å². The van der Waals surface area contributed by atoms with Crippen molar-refractivity contribution in [2.75, 3.05) is 13.1 Å². The summed E-state index contributed by atoms with van der Waals surface area (Å²) >= 11 is 1.62. The largest absolute Gasteiger partial charge is 0.464 e. The summed E-state index contributed by atoms with van der Waals surface area (Å²) in [6.45, 7) is 8.46. The Labute approximate surface area is 124 Å². The summed E-state index contributed by atoms with van der Waals surface area (Å²) in [6.07, 6.45) is 3.69. The van der Waals surface area contributed by atoms with Crippen molar-refractivity contribution < 1.29 is 4.74 Å². The molecule has 3 heterocycles. The molecule has 0 aromatic carbocycles. The van der Waals surface area contributed by atoms with Crippen LogP contribution in [-0.4, -0.2) is 34.1 Å². The van der Waals surface area contributed by atoms with Gasteiger partial charge in [-0.3, -0.25) is 0 Å². The number of pyridine rings is 1. The molecule has 2 aliphatic rings. The first-order chi connectivity index (χ1) is 9.50. The Morgan fingerprint density at radius 1 is 1.35 bits per heavy atom. The maximum atomic E-state index is 6.22. The lowest BCUT2D eigenvalue weighted by Crippen LogP contribution is -2.49. The fraction of sp³-hybridized carbons (Fsp3) is 0.600. The van der Waals surface area contributed by atoms with Crippen LogP contribution in [0.5, 0.6) is 5.88 Å². The van der Waals surface area contributed by atoms with E-state index in [4.69, 9.17) is 9.13 Å². The van der Waals surface area contributed by atoms with Crippen molar-refractivity contribution in [2.24, 2.45) is 4.40 Å². The normalized spacial score (nSPS) is 22.9. The topological polar surface area (TPSA) is 46.5 Å². The third kappa shape index (κ3) is 2.56. The summed E-state index contributed by atoms with van der Waals surface area (Å²) in [6, 6.07) is 4.03. The molecule has 0 aliphatic carbocycles. The summed E-state index contributed by atoms with van der Waals surface area (Å²) in [4.78, 5) is 4.37. The minimum absolute atomic E-state index is 0.103. The second-order valence-electron chi connectivity index (χ2n) is 6.35. The first kappa shape index (κ1) is 13.9. The highest BCUT2D eigenvalue weighted by Gasteiger charge is 2.47. The lowest BCUT2D eigenvalue weighted by molar-refractivity contribution is 0.112. The third-order valence-corrected chi connectivity index (χ3v) is 4.39. The van der Waals surface area contributed by atoms with Gasteiger partial charge in [0.25, 0.3) is 0 Å². The second kappa shape index (κ2) is 5.04. The van der Waals surface area contributed by atoms with E-state index >= 15 is 0 Å². The molecule has 0 saturated carbocycles. The van der Waals surface area contributed by atoms with Crippen LogP contribution in [0.1, 0.15) is 39.2 Å². The Morgan fingerprint density at radius 3 is 2.80 bits per heavy atom. The Kier molecular flexibility index (Phi) is 3.50. The van der Waals surface area contributed by atoms with E-state index in [0.29, 0.717) is 0 Å². The van der Waals surface area contributed by atoms with E-state index in [2.05, 4.69) is 37.1 Å². The Bertz CT molecular complexity index is 530. The minimum Gasteiger partial charge on any atom is -0.464 e. The molecule has 1 aromatic rings. The number of aromatic nitrogens is 1. The van der Waals surface area contributed by atoms with E-state index in [1.807, 2.05) is 6.07 Å². The highest BCUT2D eigenvalue weighted by Crippen LogP contribution is 2.41. The van der Waals surface area contributed by atoms with Gasteiger partial charge >= 0.3 is 0 Å². The molecule has 5 heteroatoms. The second-order valence-corrected chi connectivity index (χ2v) is 7.94. The quantitative estimate of drug-likeness (QED) is 0.808. The molecular formula is C15H21N3OS. The lowest BCUT2D eigenvalue weighted by atomic mass is 9.86. The van der Waals surface area contributed by atoms with Crippen LogP contribution in [0.2, 0.25) is 0 Å². The van der Waals surface area contributed by atoms with Gasteiger partial charge in [-0.15, -0.1) is 0 Å². The summed E-state index contributed by atoms with van der Waals surface area (Å²) in [5.41, 5.74) is 1.85. The minimum atomic E-state index is -0.278. The molecule has 1 spiro atoms. The predicted octanol–water partition coefficient (Wildman–Crippen LogP) is 2.83. The molecule has 0 atom stereocenters. The molecule has 0 unspecified atom stereocenters. The highest BCUT2D eigenvalue weighted by molar-refractivity contribution is 7.99. The van der Waals surface area contributed by atoms with Crippen molar-refractivity contribution >= 4 is 17.7 Å². The molecule has 0 amide bonds. The number of nitrogens with one attached hydrogen (secondary N) is 1. The van der Waals surface area contributed by atoms with E-state index in [0.717, 1.165) is 43.1 Å². The van der Waals surface area contributed by atoms with Crippen LogP contribution in [-0.2, 0) is 0 Å². The van der Waals surface area contributed by atoms with Crippen molar-refractivity contribution in [2.45, 2.75) is 44.0 Å². The molecule has 2 aliphatic heterocycles. The van der Waals surface area contributed by atoms with Gasteiger partial charge in [0.15, 0.2) is 5.60 Å². The summed E-state index contributed by atoms with van der Waals surface area (Å²) in [5, 5.41) is 3.39. The van der Waals surface area contributed by atoms with Gasteiger partial charge in [0.1, 0.15) is 5.71 Å². The smallest absolute Gasteiger partial charge is 0.223 e. The zero-order valence-corrected chi connectivity index (χ0v) is 13.1. The van der Waals surface area contributed by atoms with E-state index in [1.165, 1.54) is 0 Å². The highest BCUT2D eigenvalue weighted by atomic mass is 32.2. The number of fused-ring (bicyclic) bond motifs is 1. The van der Waals surface area contributed by atoms with Crippen LogP contribution < -0.4 is 10.1 Å². The standard InChI is InChI=1S/C15H21N3OS/c1-14(2,3)20-18-12-11-5-4-8-17-13(11)19-15(12)6-9-16-10-7-15/h4-5,8,16H,6-7,9-10H2,1-3H3/b18-12-. The summed E-state index contributed by atoms with van der Waals surface area (Å²) < 4.78 is 11.2. The maximum absolute atomic E-state index is 6.22. The third-order valence-electron chi connectivity index (χ3n) is 3.57. The molecule has 0 radical (unpaired) electrons. The molecule has 1 saturated heterocycles. The van der Waals surface area contributed by atoms with Gasteiger partial charge in [-0.1, -0.05) is 0 Å². The Morgan fingerprint density at radius 2 is 2.10 bits per heavy atom. The molecule has 108 valence electrons. The molecule has 3 rings (SSSR count). The van der Waals surface area contributed by atoms with E-state index in [-0.39, 0.29) is 10.3 Å². The van der Waals surface area contributed by atoms with Crippen LogP contribution in [0.3, 0.4) is 0 Å². The Balaban J connectivity index is 2.00. The first-order valence-corrected chi connectivity index (χ1v) is 7.89. The number of hydrogen-bond acceptors (Lipinski definition) is 5. The predicted molar refractivity (Wildman–Crippen MR) is 83.6 cm³/mol. The summed E-state index contributed by atoms with van der Waals surface area (Å²) in [7, 11) is 0. The van der Waals surface area contributed by atoms with Gasteiger partial charge in [-0.05, 0) is 57.9 Å². The zero-order valence-electron chi connectivity index (χ0n) is 12.3. The monoisotopic (exact) mass is 291 g/mol. The Hall–Kier alpha value is -1.07. The SMILES string of the molecule is CC(C)(C)S/N=C1/c2cccnc2OC12CCNCC2. The van der Waals surface area contributed by atoms with E-state index < -0.39 is 0 Å². The number of hydrogen-bond donors (Lipinski definition) is 1. The first-order valence-electron chi connectivity index (χ1n) is 7.12. The van der Waals surface area contributed by atoms with Gasteiger partial charge in [-0.2, -0.15) is 0 Å². The number of piperidine rings is 1. The van der Waals surface area contributed by atoms with Crippen LogP contribution in [0, 0.1) is 0 Å². The van der Waals surface area contributed by atoms with Gasteiger partial charge < -0.3 is 10.1 Å². The average molecular weight is 291 g/mol. The molecule has 1 fully saturated rings. The molecule has 1 aromatic heterocycles. The number of ether oxygens (including phenoxy) is 1. The molecule has 1 N–H and O–H groups in total. The fourth-order valence-corrected chi connectivity index (χ4v) is 3.25. The van der Waals surface area contributed by atoms with Crippen molar-refractivity contribution in [3.05, 3.63) is 23.9 Å². The molecule has 4 nitrogen and oxygen atoms in total. The zero-order chi connectivity index (χ0) is 14.2. The van der Waals surface area contributed by atoms with Gasteiger partial charge in [0, 0.05) is 23.8 Å². The van der Waals surface area contributed by atoms with Crippen LogP contribution in [0.4, 0.5) is 0 Å². The van der Waals surface area contributed by atoms with Gasteiger partial charge in [0.05, 0.1) is 5.56 Å². The van der Waals surface area contributed by atoms with Crippen molar-refractivity contribution in [3.63, 3.8) is 0 Å². The van der Waals surface area contributed by atoms with Crippen molar-refractivity contribution in [1.29, 1.82) is 0 Å².